The van der Waals surface area contributed by atoms with E-state index in [0.717, 1.165) is 0 Å². The normalized spacial score (nSPS) is 0. The molecule has 0 aromatic carbocycles. The zero-order chi connectivity index (χ0) is 0. The van der Waals surface area contributed by atoms with Crippen molar-refractivity contribution in [2.75, 3.05) is 0 Å². The third-order valence-electron chi connectivity index (χ3n) is 0. The van der Waals surface area contributed by atoms with Crippen molar-refractivity contribution in [3.8, 4) is 0 Å². The Hall–Kier alpha value is 2.16. The molecule has 0 rings (SSSR count). The van der Waals surface area contributed by atoms with Crippen molar-refractivity contribution in [3.05, 3.63) is 0 Å². The second kappa shape index (κ2) is 89.4. The molecule has 2 N–H and O–H groups in total. The first-order valence-corrected chi connectivity index (χ1v) is 0. The third-order valence-corrected chi connectivity index (χ3v) is 0. The summed E-state index contributed by atoms with van der Waals surface area (Å²) in [6.07, 6.45) is 0. The smallest absolute Gasteiger partial charge is 2.00 e. The van der Waals surface area contributed by atoms with Crippen molar-refractivity contribution in [3.63, 3.8) is 0 Å². The minimum Gasteiger partial charge on any atom is -2.00 e. The number of hydrogen-bond acceptors (Lipinski definition) is 2. The van der Waals surface area contributed by atoms with Gasteiger partial charge in [0.25, 0.3) is 0 Å². The molecule has 0 atom stereocenters. The van der Waals surface area contributed by atoms with Gasteiger partial charge in [-0.3, -0.25) is 0 Å². The Bertz CT molecular complexity index is 9.65. The summed E-state index contributed by atoms with van der Waals surface area (Å²) in [7, 11) is 0. The maximum Gasteiger partial charge on any atom is 2.00 e. The van der Waals surface area contributed by atoms with E-state index in [4.69, 9.17) is 0 Å². The molecule has 0 aromatic rings. The van der Waals surface area contributed by atoms with Crippen LogP contribution in [-0.2, 0) is 11.0 Å². The molecule has 7 heteroatoms. The SMILES string of the molecule is [AlH+2].[AlH+2].[Ca+2].[O-2].[O-2].[OH-].[OH-]. The first-order valence-electron chi connectivity index (χ1n) is 0. The van der Waals surface area contributed by atoms with E-state index in [9.17, 15) is 0 Å². The van der Waals surface area contributed by atoms with Crippen molar-refractivity contribution >= 4 is 72.5 Å². The topological polar surface area (TPSA) is 117 Å². The van der Waals surface area contributed by atoms with Crippen LogP contribution in [0.15, 0.2) is 0 Å². The van der Waals surface area contributed by atoms with Crippen molar-refractivity contribution < 1.29 is 21.9 Å². The van der Waals surface area contributed by atoms with Gasteiger partial charge >= 0.3 is 72.5 Å². The van der Waals surface area contributed by atoms with Crippen molar-refractivity contribution in [1.82, 2.24) is 0 Å². The summed E-state index contributed by atoms with van der Waals surface area (Å²) >= 11 is 0. The molecule has 0 fully saturated rings. The zero-order valence-corrected chi connectivity index (χ0v) is 8.87. The molecule has 7 heavy (non-hydrogen) atoms. The molecule has 4 nitrogen and oxygen atoms in total. The first kappa shape index (κ1) is 130. The number of rotatable bonds is 0. The Morgan fingerprint density at radius 2 is 0.571 bits per heavy atom. The molecule has 0 saturated heterocycles. The van der Waals surface area contributed by atoms with Gasteiger partial charge in [0.15, 0.2) is 0 Å². The summed E-state index contributed by atoms with van der Waals surface area (Å²) in [5, 5.41) is 0. The van der Waals surface area contributed by atoms with E-state index >= 15 is 0 Å². The largest absolute Gasteiger partial charge is 2.00 e. The molecule has 0 aliphatic heterocycles. The summed E-state index contributed by atoms with van der Waals surface area (Å²) in [4.78, 5) is 0. The fraction of sp³-hybridized carbons (Fsp3) is 0. The monoisotopic (exact) mass is 162 g/mol. The van der Waals surface area contributed by atoms with E-state index in [1.54, 1.807) is 0 Å². The van der Waals surface area contributed by atoms with Crippen LogP contribution in [0, 0.1) is 0 Å². The van der Waals surface area contributed by atoms with Crippen molar-refractivity contribution in [2.45, 2.75) is 0 Å². The first-order chi connectivity index (χ1) is 0. The fourth-order valence-electron chi connectivity index (χ4n) is 0. The van der Waals surface area contributed by atoms with E-state index in [1.807, 2.05) is 0 Å². The minimum absolute atomic E-state index is 0. The molecular weight excluding hydrogens is 158 g/mol. The molecule has 0 saturated carbocycles. The van der Waals surface area contributed by atoms with E-state index in [1.165, 1.54) is 0 Å². The van der Waals surface area contributed by atoms with Crippen LogP contribution in [0.1, 0.15) is 0 Å². The van der Waals surface area contributed by atoms with Crippen LogP contribution < -0.4 is 0 Å². The predicted octanol–water partition coefficient (Wildman–Crippen LogP) is -2.27. The van der Waals surface area contributed by atoms with E-state index in [-0.39, 0.29) is 94.4 Å². The van der Waals surface area contributed by atoms with Gasteiger partial charge in [-0.2, -0.15) is 0 Å². The minimum atomic E-state index is 0. The van der Waals surface area contributed by atoms with E-state index < -0.39 is 0 Å². The standard InChI is InChI=1S/2Al.Ca.2H2O.2O.2H/h;;;2*1H2;;;;/q3*+2;;;2*-2;;/p-2. The van der Waals surface area contributed by atoms with Gasteiger partial charge in [-0.25, -0.2) is 0 Å². The molecule has 36 valence electrons. The molecule has 0 amide bonds. The zero-order valence-electron chi connectivity index (χ0n) is 3.83. The van der Waals surface area contributed by atoms with Gasteiger partial charge in [0.1, 0.15) is 0 Å². The Morgan fingerprint density at radius 3 is 0.571 bits per heavy atom. The van der Waals surface area contributed by atoms with Crippen LogP contribution in [-0.4, -0.2) is 83.4 Å². The average molecular weight is 162 g/mol. The van der Waals surface area contributed by atoms with Crippen LogP contribution in [0.2, 0.25) is 0 Å². The van der Waals surface area contributed by atoms with Crippen LogP contribution >= 0.6 is 0 Å². The molecule has 0 aromatic heterocycles. The summed E-state index contributed by atoms with van der Waals surface area (Å²) in [6, 6.07) is 0. The van der Waals surface area contributed by atoms with E-state index in [2.05, 4.69) is 0 Å². The van der Waals surface area contributed by atoms with Crippen LogP contribution in [0.4, 0.5) is 0 Å². The number of hydrogen-bond donors (Lipinski definition) is 0. The van der Waals surface area contributed by atoms with E-state index in [0.29, 0.717) is 0 Å². The van der Waals surface area contributed by atoms with Gasteiger partial charge in [0.2, 0.25) is 0 Å². The quantitative estimate of drug-likeness (QED) is 0.373. The average Bonchev–Trinajstić information content (AvgIpc) is 0. The molecule has 0 spiro atoms. The Balaban J connectivity index is 0. The van der Waals surface area contributed by atoms with Crippen molar-refractivity contribution in [2.24, 2.45) is 0 Å². The summed E-state index contributed by atoms with van der Waals surface area (Å²) in [5.74, 6) is 0. The van der Waals surface area contributed by atoms with Crippen LogP contribution in [0.3, 0.4) is 0 Å². The molecule has 0 unspecified atom stereocenters. The maximum atomic E-state index is 0. The Kier molecular flexibility index (Phi) is 1670. The molecule has 0 heterocycles. The second-order valence-corrected chi connectivity index (χ2v) is 0. The molecule has 0 bridgehead atoms. The third kappa shape index (κ3) is 66.2. The summed E-state index contributed by atoms with van der Waals surface area (Å²) in [5.41, 5.74) is 0. The summed E-state index contributed by atoms with van der Waals surface area (Å²) < 4.78 is 0. The molecule has 0 aliphatic carbocycles. The van der Waals surface area contributed by atoms with Crippen molar-refractivity contribution in [1.29, 1.82) is 0 Å². The van der Waals surface area contributed by atoms with Gasteiger partial charge in [-0.1, -0.05) is 0 Å². The molecule has 0 radical (unpaired) electrons. The van der Waals surface area contributed by atoms with Crippen LogP contribution in [0.25, 0.3) is 0 Å². The predicted molar refractivity (Wildman–Crippen MR) is 25.3 cm³/mol. The Labute approximate surface area is 93.2 Å². The van der Waals surface area contributed by atoms with Gasteiger partial charge in [0.05, 0.1) is 0 Å². The maximum absolute atomic E-state index is 0. The molecule has 0 aliphatic rings. The fourth-order valence-corrected chi connectivity index (χ4v) is 0. The second-order valence-electron chi connectivity index (χ2n) is 0. The van der Waals surface area contributed by atoms with Gasteiger partial charge < -0.3 is 21.9 Å². The molecular formula is H4Al2CaO4. The van der Waals surface area contributed by atoms with Crippen LogP contribution in [0.5, 0.6) is 0 Å². The van der Waals surface area contributed by atoms with Gasteiger partial charge in [-0.15, -0.1) is 0 Å². The van der Waals surface area contributed by atoms with Gasteiger partial charge in [-0.05, 0) is 0 Å². The van der Waals surface area contributed by atoms with Gasteiger partial charge in [0, 0.05) is 0 Å². The Morgan fingerprint density at radius 1 is 0.571 bits per heavy atom. The summed E-state index contributed by atoms with van der Waals surface area (Å²) in [6.45, 7) is 0.